The second-order valence-electron chi connectivity index (χ2n) is 3.99. The van der Waals surface area contributed by atoms with E-state index in [1.807, 2.05) is 6.07 Å². The second kappa shape index (κ2) is 5.05. The Morgan fingerprint density at radius 3 is 2.67 bits per heavy atom. The van der Waals surface area contributed by atoms with Gasteiger partial charge in [-0.25, -0.2) is 0 Å². The third-order valence-corrected chi connectivity index (χ3v) is 3.65. The quantitative estimate of drug-likeness (QED) is 0.843. The van der Waals surface area contributed by atoms with Gasteiger partial charge in [0.2, 0.25) is 0 Å². The fraction of sp³-hybridized carbons (Fsp3) is 0.500. The van der Waals surface area contributed by atoms with Crippen molar-refractivity contribution >= 4 is 22.6 Å². The van der Waals surface area contributed by atoms with Crippen LogP contribution in [0.15, 0.2) is 18.2 Å². The van der Waals surface area contributed by atoms with E-state index < -0.39 is 0 Å². The molecule has 1 aromatic carbocycles. The molecule has 0 bridgehead atoms. The fourth-order valence-corrected chi connectivity index (χ4v) is 2.41. The number of phenolic OH excluding ortho intramolecular Hbond substituents is 1. The molecule has 0 aliphatic heterocycles. The zero-order valence-corrected chi connectivity index (χ0v) is 10.7. The summed E-state index contributed by atoms with van der Waals surface area (Å²) in [6, 6.07) is 5.28. The summed E-state index contributed by atoms with van der Waals surface area (Å²) >= 11 is 2.24. The van der Waals surface area contributed by atoms with E-state index >= 15 is 0 Å². The van der Waals surface area contributed by atoms with E-state index in [0.717, 1.165) is 22.2 Å². The molecule has 1 aliphatic carbocycles. The molecule has 15 heavy (non-hydrogen) atoms. The minimum absolute atomic E-state index is 0.279. The van der Waals surface area contributed by atoms with Crippen LogP contribution in [0.25, 0.3) is 0 Å². The molecule has 0 atom stereocenters. The summed E-state index contributed by atoms with van der Waals surface area (Å²) in [6.45, 7) is 0. The molecule has 0 radical (unpaired) electrons. The van der Waals surface area contributed by atoms with E-state index in [0.29, 0.717) is 6.10 Å². The molecule has 2 rings (SSSR count). The number of phenols is 1. The molecule has 82 valence electrons. The second-order valence-corrected chi connectivity index (χ2v) is 5.15. The van der Waals surface area contributed by atoms with Crippen molar-refractivity contribution in [3.05, 3.63) is 21.8 Å². The number of rotatable bonds is 2. The molecule has 0 heterocycles. The Kier molecular flexibility index (Phi) is 3.72. The van der Waals surface area contributed by atoms with Crippen LogP contribution in [0.2, 0.25) is 0 Å². The molecule has 1 N–H and O–H groups in total. The summed E-state index contributed by atoms with van der Waals surface area (Å²) in [5, 5.41) is 9.38. The largest absolute Gasteiger partial charge is 0.508 e. The molecule has 0 spiro atoms. The predicted molar refractivity (Wildman–Crippen MR) is 68.3 cm³/mol. The summed E-state index contributed by atoms with van der Waals surface area (Å²) in [6.07, 6.45) is 6.49. The van der Waals surface area contributed by atoms with Gasteiger partial charge in [0.05, 0.1) is 9.67 Å². The standard InChI is InChI=1S/C12H15IO2/c13-11-7-6-9(14)8-12(11)15-10-4-2-1-3-5-10/h6-8,10,14H,1-5H2. The van der Waals surface area contributed by atoms with Gasteiger partial charge in [-0.1, -0.05) is 6.42 Å². The molecule has 3 heteroatoms. The first-order chi connectivity index (χ1) is 7.25. The Morgan fingerprint density at radius 1 is 1.20 bits per heavy atom. The minimum Gasteiger partial charge on any atom is -0.508 e. The highest BCUT2D eigenvalue weighted by Gasteiger charge is 2.16. The summed E-state index contributed by atoms with van der Waals surface area (Å²) in [7, 11) is 0. The van der Waals surface area contributed by atoms with Crippen LogP contribution in [0.3, 0.4) is 0 Å². The first-order valence-electron chi connectivity index (χ1n) is 5.41. The van der Waals surface area contributed by atoms with Gasteiger partial charge in [-0.2, -0.15) is 0 Å². The molecule has 1 aliphatic rings. The van der Waals surface area contributed by atoms with Gasteiger partial charge in [-0.3, -0.25) is 0 Å². The van der Waals surface area contributed by atoms with Crippen LogP contribution in [-0.4, -0.2) is 11.2 Å². The fourth-order valence-electron chi connectivity index (χ4n) is 1.94. The van der Waals surface area contributed by atoms with Gasteiger partial charge in [0.15, 0.2) is 0 Å². The Bertz CT molecular complexity index is 332. The van der Waals surface area contributed by atoms with Crippen molar-refractivity contribution in [2.75, 3.05) is 0 Å². The SMILES string of the molecule is Oc1ccc(I)c(OC2CCCCC2)c1. The van der Waals surface area contributed by atoms with Crippen LogP contribution in [-0.2, 0) is 0 Å². The van der Waals surface area contributed by atoms with Gasteiger partial charge in [-0.15, -0.1) is 0 Å². The van der Waals surface area contributed by atoms with E-state index in [-0.39, 0.29) is 5.75 Å². The van der Waals surface area contributed by atoms with Crippen LogP contribution >= 0.6 is 22.6 Å². The zero-order chi connectivity index (χ0) is 10.7. The van der Waals surface area contributed by atoms with Crippen molar-refractivity contribution in [1.82, 2.24) is 0 Å². The van der Waals surface area contributed by atoms with Gasteiger partial charge in [0.1, 0.15) is 11.5 Å². The Balaban J connectivity index is 2.05. The van der Waals surface area contributed by atoms with Crippen molar-refractivity contribution < 1.29 is 9.84 Å². The molecular weight excluding hydrogens is 303 g/mol. The van der Waals surface area contributed by atoms with Gasteiger partial charge < -0.3 is 9.84 Å². The number of hydrogen-bond donors (Lipinski definition) is 1. The minimum atomic E-state index is 0.279. The van der Waals surface area contributed by atoms with E-state index in [9.17, 15) is 5.11 Å². The van der Waals surface area contributed by atoms with Crippen molar-refractivity contribution in [2.24, 2.45) is 0 Å². The molecular formula is C12H15IO2. The maximum atomic E-state index is 9.38. The summed E-state index contributed by atoms with van der Waals surface area (Å²) in [5.41, 5.74) is 0. The van der Waals surface area contributed by atoms with Crippen molar-refractivity contribution in [2.45, 2.75) is 38.2 Å². The molecule has 0 aromatic heterocycles. The van der Waals surface area contributed by atoms with Crippen molar-refractivity contribution in [3.63, 3.8) is 0 Å². The lowest BCUT2D eigenvalue weighted by Crippen LogP contribution is -2.19. The summed E-state index contributed by atoms with van der Waals surface area (Å²) in [4.78, 5) is 0. The number of aromatic hydroxyl groups is 1. The van der Waals surface area contributed by atoms with Gasteiger partial charge in [0, 0.05) is 6.07 Å². The van der Waals surface area contributed by atoms with E-state index in [2.05, 4.69) is 22.6 Å². The first kappa shape index (κ1) is 11.0. The highest BCUT2D eigenvalue weighted by molar-refractivity contribution is 14.1. The van der Waals surface area contributed by atoms with Crippen LogP contribution in [0, 0.1) is 3.57 Å². The highest BCUT2D eigenvalue weighted by atomic mass is 127. The zero-order valence-electron chi connectivity index (χ0n) is 8.58. The van der Waals surface area contributed by atoms with Crippen LogP contribution in [0.4, 0.5) is 0 Å². The van der Waals surface area contributed by atoms with E-state index in [1.165, 1.54) is 19.3 Å². The highest BCUT2D eigenvalue weighted by Crippen LogP contribution is 2.29. The first-order valence-corrected chi connectivity index (χ1v) is 6.49. The Labute approximate surface area is 104 Å². The molecule has 1 fully saturated rings. The topological polar surface area (TPSA) is 29.5 Å². The van der Waals surface area contributed by atoms with Gasteiger partial charge >= 0.3 is 0 Å². The molecule has 1 saturated carbocycles. The van der Waals surface area contributed by atoms with E-state index in [4.69, 9.17) is 4.74 Å². The van der Waals surface area contributed by atoms with Gasteiger partial charge in [0.25, 0.3) is 0 Å². The summed E-state index contributed by atoms with van der Waals surface area (Å²) < 4.78 is 6.97. The normalized spacial score (nSPS) is 17.7. The lowest BCUT2D eigenvalue weighted by atomic mass is 9.98. The van der Waals surface area contributed by atoms with Crippen molar-refractivity contribution in [3.8, 4) is 11.5 Å². The number of halogens is 1. The molecule has 0 saturated heterocycles. The molecule has 0 unspecified atom stereocenters. The average molecular weight is 318 g/mol. The maximum Gasteiger partial charge on any atom is 0.136 e. The molecule has 1 aromatic rings. The molecule has 0 amide bonds. The average Bonchev–Trinajstić information content (AvgIpc) is 2.25. The van der Waals surface area contributed by atoms with Gasteiger partial charge in [-0.05, 0) is 60.4 Å². The van der Waals surface area contributed by atoms with E-state index in [1.54, 1.807) is 12.1 Å². The van der Waals surface area contributed by atoms with Crippen molar-refractivity contribution in [1.29, 1.82) is 0 Å². The lowest BCUT2D eigenvalue weighted by Gasteiger charge is -2.23. The van der Waals surface area contributed by atoms with Crippen LogP contribution in [0.5, 0.6) is 11.5 Å². The predicted octanol–water partition coefficient (Wildman–Crippen LogP) is 3.71. The third-order valence-electron chi connectivity index (χ3n) is 2.76. The monoisotopic (exact) mass is 318 g/mol. The number of ether oxygens (including phenoxy) is 1. The third kappa shape index (κ3) is 3.00. The van der Waals surface area contributed by atoms with Crippen LogP contribution < -0.4 is 4.74 Å². The maximum absolute atomic E-state index is 9.38. The molecule has 2 nitrogen and oxygen atoms in total. The smallest absolute Gasteiger partial charge is 0.136 e. The Hall–Kier alpha value is -0.450. The number of hydrogen-bond acceptors (Lipinski definition) is 2. The number of benzene rings is 1. The summed E-state index contributed by atoms with van der Waals surface area (Å²) in [5.74, 6) is 1.10. The lowest BCUT2D eigenvalue weighted by molar-refractivity contribution is 0.153. The Morgan fingerprint density at radius 2 is 1.93 bits per heavy atom. The van der Waals surface area contributed by atoms with Crippen LogP contribution in [0.1, 0.15) is 32.1 Å².